The highest BCUT2D eigenvalue weighted by atomic mass is 16.5. The van der Waals surface area contributed by atoms with E-state index < -0.39 is 0 Å². The van der Waals surface area contributed by atoms with Gasteiger partial charge >= 0.3 is 5.63 Å². The zero-order valence-electron chi connectivity index (χ0n) is 12.3. The van der Waals surface area contributed by atoms with Crippen LogP contribution in [0.15, 0.2) is 45.6 Å². The van der Waals surface area contributed by atoms with Crippen LogP contribution in [-0.2, 0) is 6.42 Å². The Balaban J connectivity index is 2.19. The molecule has 2 aromatic carbocycles. The number of hydrogen-bond donors (Lipinski definition) is 0. The van der Waals surface area contributed by atoms with Crippen molar-refractivity contribution in [3.63, 3.8) is 0 Å². The summed E-state index contributed by atoms with van der Waals surface area (Å²) in [5.74, 6) is 1.89. The molecule has 1 aliphatic carbocycles. The van der Waals surface area contributed by atoms with Crippen molar-refractivity contribution >= 4 is 10.8 Å². The lowest BCUT2D eigenvalue weighted by molar-refractivity contribution is 0.397. The first kappa shape index (κ1) is 13.0. The van der Waals surface area contributed by atoms with E-state index in [2.05, 4.69) is 6.07 Å². The van der Waals surface area contributed by atoms with Crippen molar-refractivity contribution in [2.24, 2.45) is 0 Å². The molecule has 0 saturated carbocycles. The summed E-state index contributed by atoms with van der Waals surface area (Å²) < 4.78 is 16.3. The van der Waals surface area contributed by atoms with E-state index in [0.717, 1.165) is 22.1 Å². The van der Waals surface area contributed by atoms with Crippen molar-refractivity contribution in [3.05, 3.63) is 58.1 Å². The van der Waals surface area contributed by atoms with E-state index in [4.69, 9.17) is 13.9 Å². The molecular weight excluding hydrogens is 280 g/mol. The van der Waals surface area contributed by atoms with Gasteiger partial charge in [-0.3, -0.25) is 0 Å². The highest BCUT2D eigenvalue weighted by Gasteiger charge is 2.26. The fraction of sp³-hybridized carbons (Fsp3) is 0.167. The minimum Gasteiger partial charge on any atom is -0.497 e. The van der Waals surface area contributed by atoms with Crippen LogP contribution in [0, 0.1) is 0 Å². The van der Waals surface area contributed by atoms with Gasteiger partial charge in [0, 0.05) is 23.4 Å². The average Bonchev–Trinajstić information content (AvgIpc) is 2.91. The van der Waals surface area contributed by atoms with E-state index in [1.807, 2.05) is 18.2 Å². The van der Waals surface area contributed by atoms with E-state index in [1.54, 1.807) is 26.4 Å². The maximum Gasteiger partial charge on any atom is 0.344 e. The smallest absolute Gasteiger partial charge is 0.344 e. The Kier molecular flexibility index (Phi) is 2.73. The minimum atomic E-state index is -0.362. The largest absolute Gasteiger partial charge is 0.497 e. The van der Waals surface area contributed by atoms with Crippen molar-refractivity contribution < 1.29 is 13.9 Å². The third-order valence-electron chi connectivity index (χ3n) is 4.13. The molecule has 1 heterocycles. The van der Waals surface area contributed by atoms with Crippen LogP contribution < -0.4 is 15.1 Å². The Morgan fingerprint density at radius 1 is 1.09 bits per heavy atom. The van der Waals surface area contributed by atoms with Crippen molar-refractivity contribution in [1.82, 2.24) is 0 Å². The van der Waals surface area contributed by atoms with E-state index in [9.17, 15) is 4.79 Å². The van der Waals surface area contributed by atoms with Gasteiger partial charge in [-0.25, -0.2) is 4.79 Å². The molecule has 110 valence electrons. The summed E-state index contributed by atoms with van der Waals surface area (Å²) in [6, 6.07) is 11.6. The highest BCUT2D eigenvalue weighted by molar-refractivity contribution is 6.03. The van der Waals surface area contributed by atoms with Crippen LogP contribution in [0.1, 0.15) is 11.3 Å². The van der Waals surface area contributed by atoms with E-state index >= 15 is 0 Å². The van der Waals surface area contributed by atoms with E-state index in [1.165, 1.54) is 0 Å². The fourth-order valence-corrected chi connectivity index (χ4v) is 3.15. The highest BCUT2D eigenvalue weighted by Crippen LogP contribution is 2.44. The van der Waals surface area contributed by atoms with Gasteiger partial charge in [-0.15, -0.1) is 0 Å². The molecule has 4 rings (SSSR count). The van der Waals surface area contributed by atoms with Gasteiger partial charge in [-0.05, 0) is 17.2 Å². The summed E-state index contributed by atoms with van der Waals surface area (Å²) in [4.78, 5) is 12.3. The standard InChI is InChI=1S/C18H14O4/c1-20-11-8-13-17(14(9-11)21-2)16-12-6-4-3-5-10(12)7-15(16)22-18(13)19/h3-6,8-9H,7H2,1-2H3. The van der Waals surface area contributed by atoms with Crippen molar-refractivity contribution in [1.29, 1.82) is 0 Å². The first-order valence-corrected chi connectivity index (χ1v) is 7.03. The van der Waals surface area contributed by atoms with Crippen LogP contribution in [0.4, 0.5) is 0 Å². The molecule has 0 N–H and O–H groups in total. The molecule has 1 aliphatic rings. The molecule has 22 heavy (non-hydrogen) atoms. The quantitative estimate of drug-likeness (QED) is 0.568. The van der Waals surface area contributed by atoms with Crippen LogP contribution in [0.5, 0.6) is 11.5 Å². The molecule has 0 saturated heterocycles. The lowest BCUT2D eigenvalue weighted by Gasteiger charge is -2.11. The number of benzene rings is 2. The molecule has 0 aliphatic heterocycles. The predicted molar refractivity (Wildman–Crippen MR) is 83.8 cm³/mol. The third-order valence-corrected chi connectivity index (χ3v) is 4.13. The summed E-state index contributed by atoms with van der Waals surface area (Å²) in [5.41, 5.74) is 2.84. The van der Waals surface area contributed by atoms with Crippen molar-refractivity contribution in [3.8, 4) is 22.6 Å². The molecule has 1 aromatic heterocycles. The summed E-state index contributed by atoms with van der Waals surface area (Å²) >= 11 is 0. The van der Waals surface area contributed by atoms with Crippen LogP contribution in [-0.4, -0.2) is 14.2 Å². The average molecular weight is 294 g/mol. The molecule has 4 heteroatoms. The van der Waals surface area contributed by atoms with Gasteiger partial charge in [0.05, 0.1) is 19.6 Å². The van der Waals surface area contributed by atoms with Crippen LogP contribution >= 0.6 is 0 Å². The topological polar surface area (TPSA) is 48.7 Å². The Hall–Kier alpha value is -2.75. The molecule has 0 radical (unpaired) electrons. The molecule has 0 amide bonds. The first-order chi connectivity index (χ1) is 10.7. The SMILES string of the molecule is COc1cc(OC)c2c3c(oc(=O)c2c1)Cc1ccccc1-3. The Morgan fingerprint density at radius 2 is 1.91 bits per heavy atom. The van der Waals surface area contributed by atoms with Crippen molar-refractivity contribution in [2.75, 3.05) is 14.2 Å². The van der Waals surface area contributed by atoms with E-state index in [0.29, 0.717) is 29.1 Å². The molecular formula is C18H14O4. The van der Waals surface area contributed by atoms with Gasteiger partial charge in [0.1, 0.15) is 17.3 Å². The maximum absolute atomic E-state index is 12.3. The second-order valence-corrected chi connectivity index (χ2v) is 5.27. The molecule has 3 aromatic rings. The zero-order chi connectivity index (χ0) is 15.3. The summed E-state index contributed by atoms with van der Waals surface area (Å²) in [5, 5.41) is 1.27. The summed E-state index contributed by atoms with van der Waals surface area (Å²) in [7, 11) is 3.15. The van der Waals surface area contributed by atoms with Crippen molar-refractivity contribution in [2.45, 2.75) is 6.42 Å². The maximum atomic E-state index is 12.3. The number of ether oxygens (including phenoxy) is 2. The second kappa shape index (κ2) is 4.63. The normalized spacial score (nSPS) is 12.1. The molecule has 4 nitrogen and oxygen atoms in total. The van der Waals surface area contributed by atoms with Gasteiger partial charge in [-0.2, -0.15) is 0 Å². The van der Waals surface area contributed by atoms with Crippen LogP contribution in [0.3, 0.4) is 0 Å². The summed E-state index contributed by atoms with van der Waals surface area (Å²) in [6.07, 6.45) is 0.631. The molecule has 0 atom stereocenters. The van der Waals surface area contributed by atoms with Gasteiger partial charge in [0.2, 0.25) is 0 Å². The number of hydrogen-bond acceptors (Lipinski definition) is 4. The van der Waals surface area contributed by atoms with Gasteiger partial charge in [-0.1, -0.05) is 24.3 Å². The Labute approximate surface area is 126 Å². The summed E-state index contributed by atoms with van der Waals surface area (Å²) in [6.45, 7) is 0. The zero-order valence-corrected chi connectivity index (χ0v) is 12.3. The number of methoxy groups -OCH3 is 2. The Morgan fingerprint density at radius 3 is 2.68 bits per heavy atom. The van der Waals surface area contributed by atoms with Gasteiger partial charge < -0.3 is 13.9 Å². The first-order valence-electron chi connectivity index (χ1n) is 7.03. The molecule has 0 fully saturated rings. The molecule has 0 unspecified atom stereocenters. The molecule has 0 spiro atoms. The number of fused-ring (bicyclic) bond motifs is 5. The monoisotopic (exact) mass is 294 g/mol. The fourth-order valence-electron chi connectivity index (χ4n) is 3.15. The lowest BCUT2D eigenvalue weighted by Crippen LogP contribution is -2.04. The van der Waals surface area contributed by atoms with E-state index in [-0.39, 0.29) is 5.63 Å². The minimum absolute atomic E-state index is 0.362. The predicted octanol–water partition coefficient (Wildman–Crippen LogP) is 3.38. The van der Waals surface area contributed by atoms with Gasteiger partial charge in [0.15, 0.2) is 0 Å². The third kappa shape index (κ3) is 1.67. The van der Waals surface area contributed by atoms with Crippen LogP contribution in [0.2, 0.25) is 0 Å². The Bertz CT molecular complexity index is 953. The number of rotatable bonds is 2. The van der Waals surface area contributed by atoms with Gasteiger partial charge in [0.25, 0.3) is 0 Å². The second-order valence-electron chi connectivity index (χ2n) is 5.27. The molecule has 0 bridgehead atoms. The lowest BCUT2D eigenvalue weighted by atomic mass is 10.0. The van der Waals surface area contributed by atoms with Crippen LogP contribution in [0.25, 0.3) is 21.9 Å².